The molecule has 3 aromatic rings. The zero-order valence-corrected chi connectivity index (χ0v) is 21.2. The van der Waals surface area contributed by atoms with Gasteiger partial charge in [0.1, 0.15) is 12.1 Å². The molecule has 0 aliphatic carbocycles. The number of aliphatic carboxylic acids is 1. The van der Waals surface area contributed by atoms with E-state index in [0.717, 1.165) is 10.2 Å². The normalized spacial score (nSPS) is 13.7. The van der Waals surface area contributed by atoms with Gasteiger partial charge in [0.15, 0.2) is 0 Å². The number of benzene rings is 1. The summed E-state index contributed by atoms with van der Waals surface area (Å²) in [4.78, 5) is 48.7. The second-order valence-electron chi connectivity index (χ2n) is 8.08. The van der Waals surface area contributed by atoms with Crippen LogP contribution in [-0.4, -0.2) is 43.5 Å². The molecular weight excluding hydrogens is 495 g/mol. The Morgan fingerprint density at radius 1 is 0.971 bits per heavy atom. The van der Waals surface area contributed by atoms with Gasteiger partial charge in [0.25, 0.3) is 0 Å². The molecule has 2 aromatic heterocycles. The molecule has 3 rings (SSSR count). The number of carbonyl (C=O) groups is 2. The molecule has 2 unspecified atom stereocenters. The Labute approximate surface area is 206 Å². The van der Waals surface area contributed by atoms with Crippen LogP contribution >= 0.6 is 30.4 Å². The number of hydrogen-bond donors (Lipinski definition) is 3. The van der Waals surface area contributed by atoms with Crippen molar-refractivity contribution < 1.29 is 29.0 Å². The molecule has 34 heavy (non-hydrogen) atoms. The van der Waals surface area contributed by atoms with E-state index in [-0.39, 0.29) is 13.0 Å². The number of carbonyl (C=O) groups excluding carboxylic acids is 1. The number of carboxylic acids is 1. The van der Waals surface area contributed by atoms with Gasteiger partial charge in [0.2, 0.25) is 5.91 Å². The number of amides is 1. The molecule has 0 spiro atoms. The Bertz CT molecular complexity index is 1120. The van der Waals surface area contributed by atoms with Gasteiger partial charge in [0.05, 0.1) is 5.00 Å². The lowest BCUT2D eigenvalue weighted by molar-refractivity contribution is -0.140. The summed E-state index contributed by atoms with van der Waals surface area (Å²) in [6.45, 7) is 3.25. The van der Waals surface area contributed by atoms with Crippen molar-refractivity contribution >= 4 is 47.3 Å². The van der Waals surface area contributed by atoms with Crippen LogP contribution in [0, 0.1) is 5.92 Å². The van der Waals surface area contributed by atoms with E-state index in [1.54, 1.807) is 73.1 Å². The minimum Gasteiger partial charge on any atom is -0.480 e. The Hall–Kier alpha value is -2.33. The lowest BCUT2D eigenvalue weighted by atomic mass is 9.99. The number of hydrogen-bond acceptors (Lipinski definition) is 5. The second kappa shape index (κ2) is 11.4. The molecule has 2 atom stereocenters. The van der Waals surface area contributed by atoms with Crippen molar-refractivity contribution in [3.05, 3.63) is 75.8 Å². The van der Waals surface area contributed by atoms with Gasteiger partial charge in [-0.2, -0.15) is 4.67 Å². The van der Waals surface area contributed by atoms with E-state index < -0.39 is 37.6 Å². The molecule has 0 aliphatic rings. The van der Waals surface area contributed by atoms with Gasteiger partial charge in [0, 0.05) is 17.8 Å². The summed E-state index contributed by atoms with van der Waals surface area (Å²) in [5.41, 5.74) is 0.732. The lowest BCUT2D eigenvalue weighted by Crippen LogP contribution is -2.55. The molecule has 182 valence electrons. The molecule has 1 amide bonds. The van der Waals surface area contributed by atoms with Gasteiger partial charge in [-0.3, -0.25) is 9.69 Å². The predicted octanol–water partition coefficient (Wildman–Crippen LogP) is 4.46. The van der Waals surface area contributed by atoms with Crippen LogP contribution in [0.4, 0.5) is 5.00 Å². The third-order valence-corrected chi connectivity index (χ3v) is 8.08. The summed E-state index contributed by atoms with van der Waals surface area (Å²) in [5, 5.41) is 14.0. The average molecular weight is 523 g/mol. The molecule has 0 aliphatic heterocycles. The zero-order valence-electron chi connectivity index (χ0n) is 18.7. The Morgan fingerprint density at radius 3 is 2.12 bits per heavy atom. The SMILES string of the molecule is CC(C)C(C(=O)N(c1cccs1)C(Cc1ccccc1)C(=O)O)N(Cc1cccs1)P(=O)(O)O. The minimum atomic E-state index is -4.87. The van der Waals surface area contributed by atoms with Crippen molar-refractivity contribution in [2.24, 2.45) is 5.92 Å². The highest BCUT2D eigenvalue weighted by Gasteiger charge is 2.44. The van der Waals surface area contributed by atoms with E-state index >= 15 is 0 Å². The van der Waals surface area contributed by atoms with Crippen molar-refractivity contribution in [1.82, 2.24) is 4.67 Å². The summed E-state index contributed by atoms with van der Waals surface area (Å²) < 4.78 is 13.4. The number of thiophene rings is 2. The van der Waals surface area contributed by atoms with Crippen LogP contribution in [0.2, 0.25) is 0 Å². The highest BCUT2D eigenvalue weighted by molar-refractivity contribution is 7.49. The van der Waals surface area contributed by atoms with Crippen LogP contribution in [0.1, 0.15) is 24.3 Å². The first-order valence-electron chi connectivity index (χ1n) is 10.6. The maximum Gasteiger partial charge on any atom is 0.404 e. The minimum absolute atomic E-state index is 0.0471. The van der Waals surface area contributed by atoms with Gasteiger partial charge in [-0.1, -0.05) is 50.2 Å². The van der Waals surface area contributed by atoms with E-state index in [2.05, 4.69) is 0 Å². The van der Waals surface area contributed by atoms with Gasteiger partial charge in [-0.25, -0.2) is 9.36 Å². The van der Waals surface area contributed by atoms with E-state index in [1.165, 1.54) is 27.6 Å². The standard InChI is InChI=1S/C23H27N2O6PS2/c1-16(2)21(24(32(29,30)31)15-18-10-6-12-33-18)22(26)25(20-11-7-13-34-20)19(23(27)28)14-17-8-4-3-5-9-17/h3-13,16,19,21H,14-15H2,1-2H3,(H,27,28)(H2,29,30,31). The highest BCUT2D eigenvalue weighted by Crippen LogP contribution is 2.45. The van der Waals surface area contributed by atoms with Crippen molar-refractivity contribution in [2.45, 2.75) is 38.9 Å². The van der Waals surface area contributed by atoms with E-state index in [9.17, 15) is 29.0 Å². The molecule has 0 radical (unpaired) electrons. The molecule has 1 aromatic carbocycles. The number of anilines is 1. The van der Waals surface area contributed by atoms with Crippen LogP contribution in [0.3, 0.4) is 0 Å². The molecule has 8 nitrogen and oxygen atoms in total. The summed E-state index contributed by atoms with van der Waals surface area (Å²) >= 11 is 2.53. The molecule has 3 N–H and O–H groups in total. The number of nitrogens with zero attached hydrogens (tertiary/aromatic N) is 2. The third kappa shape index (κ3) is 6.41. The average Bonchev–Trinajstić information content (AvgIpc) is 3.47. The van der Waals surface area contributed by atoms with Crippen molar-refractivity contribution in [3.63, 3.8) is 0 Å². The summed E-state index contributed by atoms with van der Waals surface area (Å²) in [6.07, 6.45) is 0.0471. The molecule has 11 heteroatoms. The molecule has 0 saturated heterocycles. The summed E-state index contributed by atoms with van der Waals surface area (Å²) in [5.74, 6) is -2.37. The van der Waals surface area contributed by atoms with E-state index in [0.29, 0.717) is 9.88 Å². The van der Waals surface area contributed by atoms with Gasteiger partial charge >= 0.3 is 13.7 Å². The summed E-state index contributed by atoms with van der Waals surface area (Å²) in [6, 6.07) is 13.3. The maximum absolute atomic E-state index is 14.0. The van der Waals surface area contributed by atoms with Crippen LogP contribution in [0.25, 0.3) is 0 Å². The lowest BCUT2D eigenvalue weighted by Gasteiger charge is -2.38. The van der Waals surface area contributed by atoms with Crippen LogP contribution in [0.5, 0.6) is 0 Å². The van der Waals surface area contributed by atoms with Crippen molar-refractivity contribution in [1.29, 1.82) is 0 Å². The first kappa shape index (κ1) is 26.3. The molecule has 0 fully saturated rings. The smallest absolute Gasteiger partial charge is 0.404 e. The second-order valence-corrected chi connectivity index (χ2v) is 11.6. The van der Waals surface area contributed by atoms with Gasteiger partial charge in [-0.15, -0.1) is 22.7 Å². The number of rotatable bonds is 11. The topological polar surface area (TPSA) is 118 Å². The van der Waals surface area contributed by atoms with Crippen molar-refractivity contribution in [3.8, 4) is 0 Å². The van der Waals surface area contributed by atoms with E-state index in [4.69, 9.17) is 0 Å². The fourth-order valence-corrected chi connectivity index (χ4v) is 6.37. The van der Waals surface area contributed by atoms with Gasteiger partial charge < -0.3 is 14.9 Å². The number of carboxylic acid groups (broad SMARTS) is 1. The third-order valence-electron chi connectivity index (χ3n) is 5.29. The maximum atomic E-state index is 14.0. The van der Waals surface area contributed by atoms with Crippen LogP contribution in [0.15, 0.2) is 65.4 Å². The molecule has 0 bridgehead atoms. The fourth-order valence-electron chi connectivity index (χ4n) is 3.76. The summed E-state index contributed by atoms with van der Waals surface area (Å²) in [7, 11) is -4.87. The van der Waals surface area contributed by atoms with Crippen LogP contribution < -0.4 is 4.90 Å². The zero-order chi connectivity index (χ0) is 24.9. The fraction of sp³-hybridized carbons (Fsp3) is 0.304. The molecule has 2 heterocycles. The quantitative estimate of drug-likeness (QED) is 0.318. The molecular formula is C23H27N2O6PS2. The van der Waals surface area contributed by atoms with E-state index in [1.807, 2.05) is 6.07 Å². The Morgan fingerprint density at radius 2 is 1.62 bits per heavy atom. The Balaban J connectivity index is 2.06. The van der Waals surface area contributed by atoms with Crippen molar-refractivity contribution in [2.75, 3.05) is 4.90 Å². The first-order valence-corrected chi connectivity index (χ1v) is 13.9. The molecule has 0 saturated carbocycles. The first-order chi connectivity index (χ1) is 16.1. The predicted molar refractivity (Wildman–Crippen MR) is 134 cm³/mol. The van der Waals surface area contributed by atoms with Gasteiger partial charge in [-0.05, 0) is 40.4 Å². The monoisotopic (exact) mass is 522 g/mol. The highest BCUT2D eigenvalue weighted by atomic mass is 32.1. The van der Waals surface area contributed by atoms with Crippen LogP contribution in [-0.2, 0) is 27.1 Å². The Kier molecular flexibility index (Phi) is 8.81. The largest absolute Gasteiger partial charge is 0.480 e.